The molecule has 3 aliphatic heterocycles. The Morgan fingerprint density at radius 2 is 1.74 bits per heavy atom. The van der Waals surface area contributed by atoms with Crippen molar-refractivity contribution in [3.63, 3.8) is 0 Å². The van der Waals surface area contributed by atoms with Gasteiger partial charge in [0.1, 0.15) is 17.8 Å². The third-order valence-electron chi connectivity index (χ3n) is 8.89. The Morgan fingerprint density at radius 3 is 2.59 bits per heavy atom. The van der Waals surface area contributed by atoms with E-state index in [0.29, 0.717) is 35.3 Å². The zero-order chi connectivity index (χ0) is 26.6. The first kappa shape index (κ1) is 24.1. The molecule has 1 N–H and O–H groups in total. The topological polar surface area (TPSA) is 77.1 Å². The summed E-state index contributed by atoms with van der Waals surface area (Å²) in [5.41, 5.74) is 3.15. The second kappa shape index (κ2) is 9.33. The van der Waals surface area contributed by atoms with Crippen LogP contribution >= 0.6 is 0 Å². The average Bonchev–Trinajstić information content (AvgIpc) is 3.65. The van der Waals surface area contributed by atoms with Gasteiger partial charge in [0.15, 0.2) is 11.5 Å². The van der Waals surface area contributed by atoms with E-state index in [1.807, 2.05) is 65.6 Å². The van der Waals surface area contributed by atoms with Crippen LogP contribution in [0, 0.1) is 5.92 Å². The van der Waals surface area contributed by atoms with Crippen LogP contribution in [0.1, 0.15) is 66.1 Å². The molecule has 3 aromatic carbocycles. The van der Waals surface area contributed by atoms with Gasteiger partial charge in [0.05, 0.1) is 6.54 Å². The molecule has 7 nitrogen and oxygen atoms in total. The monoisotopic (exact) mass is 524 g/mol. The summed E-state index contributed by atoms with van der Waals surface area (Å²) < 4.78 is 17.3. The fraction of sp³-hybridized carbons (Fsp3) is 0.375. The second-order valence-corrected chi connectivity index (χ2v) is 11.2. The molecule has 3 aromatic rings. The molecule has 2 unspecified atom stereocenters. The molecule has 3 heterocycles. The van der Waals surface area contributed by atoms with Crippen molar-refractivity contribution in [2.24, 2.45) is 5.92 Å². The maximum atomic E-state index is 14.3. The van der Waals surface area contributed by atoms with Gasteiger partial charge in [-0.3, -0.25) is 9.59 Å². The average molecular weight is 525 g/mol. The summed E-state index contributed by atoms with van der Waals surface area (Å²) in [5, 5.41) is 3.22. The number of nitrogens with zero attached hydrogens (tertiary/aromatic N) is 1. The van der Waals surface area contributed by atoms with Gasteiger partial charge in [0, 0.05) is 28.9 Å². The fourth-order valence-corrected chi connectivity index (χ4v) is 6.76. The number of hydrogen-bond donors (Lipinski definition) is 1. The number of fused-ring (bicyclic) bond motifs is 5. The summed E-state index contributed by atoms with van der Waals surface area (Å²) in [6.07, 6.45) is 6.13. The van der Waals surface area contributed by atoms with Crippen LogP contribution in [0.15, 0.2) is 60.7 Å². The number of ether oxygens (including phenoxy) is 3. The molecule has 0 aromatic heterocycles. The Hall–Kier alpha value is -4.00. The number of para-hydroxylation sites is 1. The highest BCUT2D eigenvalue weighted by molar-refractivity contribution is 6.11. The molecule has 1 fully saturated rings. The number of amides is 2. The Balaban J connectivity index is 1.17. The van der Waals surface area contributed by atoms with Gasteiger partial charge in [0.25, 0.3) is 5.91 Å². The molecule has 4 aliphatic rings. The van der Waals surface area contributed by atoms with Gasteiger partial charge in [0.2, 0.25) is 12.7 Å². The number of nitrogens with one attached hydrogen (secondary N) is 1. The predicted molar refractivity (Wildman–Crippen MR) is 146 cm³/mol. The van der Waals surface area contributed by atoms with Gasteiger partial charge in [-0.05, 0) is 61.1 Å². The highest BCUT2D eigenvalue weighted by Gasteiger charge is 2.57. The van der Waals surface area contributed by atoms with Crippen molar-refractivity contribution < 1.29 is 23.8 Å². The van der Waals surface area contributed by atoms with Gasteiger partial charge >= 0.3 is 0 Å². The van der Waals surface area contributed by atoms with Crippen LogP contribution in [0.3, 0.4) is 0 Å². The summed E-state index contributed by atoms with van der Waals surface area (Å²) in [5.74, 6) is 2.35. The fourth-order valence-electron chi connectivity index (χ4n) is 6.76. The predicted octanol–water partition coefficient (Wildman–Crippen LogP) is 5.34. The lowest BCUT2D eigenvalue weighted by Crippen LogP contribution is -2.42. The van der Waals surface area contributed by atoms with E-state index in [0.717, 1.165) is 22.4 Å². The van der Waals surface area contributed by atoms with Crippen molar-refractivity contribution in [1.29, 1.82) is 0 Å². The molecular formula is C32H32N2O5. The van der Waals surface area contributed by atoms with E-state index in [9.17, 15) is 9.59 Å². The van der Waals surface area contributed by atoms with E-state index in [4.69, 9.17) is 14.2 Å². The van der Waals surface area contributed by atoms with Gasteiger partial charge < -0.3 is 24.4 Å². The van der Waals surface area contributed by atoms with Crippen LogP contribution in [0.4, 0.5) is 5.69 Å². The minimum Gasteiger partial charge on any atom is -0.491 e. The number of carbonyl (C=O) groups excluding carboxylic acids is 2. The van der Waals surface area contributed by atoms with Crippen molar-refractivity contribution in [3.8, 4) is 17.2 Å². The van der Waals surface area contributed by atoms with E-state index >= 15 is 0 Å². The third-order valence-corrected chi connectivity index (χ3v) is 8.89. The van der Waals surface area contributed by atoms with Crippen molar-refractivity contribution in [1.82, 2.24) is 5.32 Å². The van der Waals surface area contributed by atoms with Crippen LogP contribution in [-0.2, 0) is 16.8 Å². The van der Waals surface area contributed by atoms with Crippen molar-refractivity contribution in [2.45, 2.75) is 57.0 Å². The van der Waals surface area contributed by atoms with Crippen LogP contribution in [0.5, 0.6) is 17.2 Å². The summed E-state index contributed by atoms with van der Waals surface area (Å²) in [7, 11) is 0. The maximum Gasteiger partial charge on any atom is 0.251 e. The van der Waals surface area contributed by atoms with Crippen molar-refractivity contribution >= 4 is 17.5 Å². The van der Waals surface area contributed by atoms with E-state index in [-0.39, 0.29) is 31.3 Å². The maximum absolute atomic E-state index is 14.3. The van der Waals surface area contributed by atoms with Gasteiger partial charge in [-0.1, -0.05) is 49.6 Å². The Bertz CT molecular complexity index is 1460. The van der Waals surface area contributed by atoms with Crippen LogP contribution in [-0.4, -0.2) is 31.3 Å². The smallest absolute Gasteiger partial charge is 0.251 e. The minimum absolute atomic E-state index is 0.0397. The number of anilines is 1. The molecule has 0 bridgehead atoms. The zero-order valence-electron chi connectivity index (χ0n) is 22.1. The Kier molecular flexibility index (Phi) is 5.76. The quantitative estimate of drug-likeness (QED) is 0.488. The molecule has 7 rings (SSSR count). The Labute approximate surface area is 228 Å². The number of benzene rings is 3. The normalized spacial score (nSPS) is 22.0. The highest BCUT2D eigenvalue weighted by atomic mass is 16.7. The number of rotatable bonds is 5. The molecule has 0 radical (unpaired) electrons. The summed E-state index contributed by atoms with van der Waals surface area (Å²) >= 11 is 0. The Morgan fingerprint density at radius 1 is 0.949 bits per heavy atom. The lowest BCUT2D eigenvalue weighted by molar-refractivity contribution is -0.122. The molecule has 7 heteroatoms. The molecule has 1 spiro atoms. The lowest BCUT2D eigenvalue weighted by atomic mass is 9.77. The highest BCUT2D eigenvalue weighted by Crippen LogP contribution is 2.55. The molecule has 2 amide bonds. The largest absolute Gasteiger partial charge is 0.491 e. The molecule has 0 saturated heterocycles. The van der Waals surface area contributed by atoms with E-state index in [1.165, 1.54) is 32.1 Å². The van der Waals surface area contributed by atoms with Gasteiger partial charge in [-0.25, -0.2) is 0 Å². The van der Waals surface area contributed by atoms with Crippen molar-refractivity contribution in [3.05, 3.63) is 82.9 Å². The molecule has 2 atom stereocenters. The first-order valence-electron chi connectivity index (χ1n) is 13.9. The van der Waals surface area contributed by atoms with Crippen molar-refractivity contribution in [2.75, 3.05) is 18.3 Å². The zero-order valence-corrected chi connectivity index (χ0v) is 22.1. The minimum atomic E-state index is -0.947. The molecule has 39 heavy (non-hydrogen) atoms. The third kappa shape index (κ3) is 3.86. The molecule has 1 aliphatic carbocycles. The van der Waals surface area contributed by atoms with Gasteiger partial charge in [-0.15, -0.1) is 0 Å². The molecule has 1 saturated carbocycles. The summed E-state index contributed by atoms with van der Waals surface area (Å²) in [6, 6.07) is 19.4. The lowest BCUT2D eigenvalue weighted by Gasteiger charge is -2.28. The summed E-state index contributed by atoms with van der Waals surface area (Å²) in [6.45, 7) is 2.85. The van der Waals surface area contributed by atoms with Crippen LogP contribution in [0.25, 0.3) is 0 Å². The van der Waals surface area contributed by atoms with Crippen LogP contribution in [0.2, 0.25) is 0 Å². The van der Waals surface area contributed by atoms with Gasteiger partial charge in [-0.2, -0.15) is 0 Å². The van der Waals surface area contributed by atoms with E-state index in [1.54, 1.807) is 0 Å². The first-order valence-corrected chi connectivity index (χ1v) is 13.9. The van der Waals surface area contributed by atoms with E-state index in [2.05, 4.69) is 12.2 Å². The molecular weight excluding hydrogens is 492 g/mol. The first-order chi connectivity index (χ1) is 19.0. The number of hydrogen-bond acceptors (Lipinski definition) is 5. The summed E-state index contributed by atoms with van der Waals surface area (Å²) in [4.78, 5) is 29.3. The molecule has 200 valence electrons. The van der Waals surface area contributed by atoms with E-state index < -0.39 is 5.41 Å². The standard InChI is InChI=1S/C32H32N2O5/c1-20(22-9-3-2-4-10-22)33-30(35)23-11-7-8-21(14-23)17-34-26-13-6-5-12-24(26)32(31(34)36)18-37-27-16-29-28(15-25(27)32)38-19-39-29/h5-8,11-16,20,22H,2-4,9-10,17-19H2,1H3,(H,33,35). The SMILES string of the molecule is CC(NC(=O)c1cccc(CN2C(=O)C3(COc4cc5c(cc43)OCO5)c3ccccc32)c1)C1CCCCC1. The second-order valence-electron chi connectivity index (χ2n) is 11.2. The number of carbonyl (C=O) groups is 2. The van der Waals surface area contributed by atoms with Crippen LogP contribution < -0.4 is 24.4 Å².